The summed E-state index contributed by atoms with van der Waals surface area (Å²) >= 11 is 0. The van der Waals surface area contributed by atoms with E-state index in [9.17, 15) is 0 Å². The van der Waals surface area contributed by atoms with E-state index < -0.39 is 0 Å². The van der Waals surface area contributed by atoms with E-state index in [1.54, 1.807) is 0 Å². The average Bonchev–Trinajstić information content (AvgIpc) is 2.45. The summed E-state index contributed by atoms with van der Waals surface area (Å²) in [6.45, 7) is 10.0. The van der Waals surface area contributed by atoms with Gasteiger partial charge in [-0.15, -0.1) is 0 Å². The molecule has 1 aromatic heterocycles. The van der Waals surface area contributed by atoms with Gasteiger partial charge in [0.25, 0.3) is 0 Å². The number of aromatic nitrogens is 3. The topological polar surface area (TPSA) is 87.0 Å². The van der Waals surface area contributed by atoms with Gasteiger partial charge in [-0.1, -0.05) is 6.92 Å². The van der Waals surface area contributed by atoms with E-state index in [1.807, 2.05) is 25.7 Å². The van der Waals surface area contributed by atoms with Gasteiger partial charge in [-0.25, -0.2) is 0 Å². The molecule has 0 saturated carbocycles. The van der Waals surface area contributed by atoms with Crippen LogP contribution in [0.25, 0.3) is 0 Å². The molecule has 7 heteroatoms. The Morgan fingerprint density at radius 2 is 2.05 bits per heavy atom. The minimum atomic E-state index is -0.00606. The van der Waals surface area contributed by atoms with E-state index in [2.05, 4.69) is 33.3 Å². The van der Waals surface area contributed by atoms with Crippen molar-refractivity contribution in [3.8, 4) is 12.1 Å². The second kappa shape index (κ2) is 8.95. The third kappa shape index (κ3) is 5.81. The highest BCUT2D eigenvalue weighted by atomic mass is 16.5. The lowest BCUT2D eigenvalue weighted by Crippen LogP contribution is -2.27. The molecule has 1 rings (SSSR count). The predicted molar refractivity (Wildman–Crippen MR) is 82.5 cm³/mol. The second-order valence-corrected chi connectivity index (χ2v) is 4.82. The van der Waals surface area contributed by atoms with Gasteiger partial charge in [-0.3, -0.25) is 0 Å². The monoisotopic (exact) mass is 292 g/mol. The number of rotatable bonds is 9. The van der Waals surface area contributed by atoms with Gasteiger partial charge in [0.05, 0.1) is 18.6 Å². The van der Waals surface area contributed by atoms with E-state index in [4.69, 9.17) is 10.00 Å². The molecule has 0 atom stereocenters. The molecule has 1 aromatic rings. The predicted octanol–water partition coefficient (Wildman–Crippen LogP) is 2.22. The van der Waals surface area contributed by atoms with Crippen LogP contribution in [-0.4, -0.2) is 40.7 Å². The summed E-state index contributed by atoms with van der Waals surface area (Å²) < 4.78 is 5.58. The molecule has 0 aliphatic carbocycles. The van der Waals surface area contributed by atoms with Crippen LogP contribution in [-0.2, 0) is 0 Å². The van der Waals surface area contributed by atoms with Crippen LogP contribution >= 0.6 is 0 Å². The van der Waals surface area contributed by atoms with Gasteiger partial charge in [0, 0.05) is 19.6 Å². The molecule has 0 aromatic carbocycles. The van der Waals surface area contributed by atoms with Crippen molar-refractivity contribution in [2.75, 3.05) is 29.9 Å². The summed E-state index contributed by atoms with van der Waals surface area (Å²) in [4.78, 5) is 14.9. The Bertz CT molecular complexity index is 471. The molecule has 0 amide bonds. The number of hydrogen-bond donors (Lipinski definition) is 1. The first kappa shape index (κ1) is 17.0. The molecular weight excluding hydrogens is 268 g/mol. The molecule has 1 heterocycles. The van der Waals surface area contributed by atoms with Crippen molar-refractivity contribution in [3.63, 3.8) is 0 Å². The van der Waals surface area contributed by atoms with Crippen molar-refractivity contribution in [2.45, 2.75) is 46.6 Å². The minimum absolute atomic E-state index is 0.00606. The van der Waals surface area contributed by atoms with Gasteiger partial charge in [0.1, 0.15) is 0 Å². The highest BCUT2D eigenvalue weighted by Crippen LogP contribution is 2.16. The SMILES string of the molecule is CCCNc1nc(OC(C)C)nc(N(CC)CCC#N)n1. The van der Waals surface area contributed by atoms with Crippen molar-refractivity contribution in [2.24, 2.45) is 0 Å². The molecule has 0 saturated heterocycles. The third-order valence-corrected chi connectivity index (χ3v) is 2.64. The van der Waals surface area contributed by atoms with E-state index in [1.165, 1.54) is 0 Å². The highest BCUT2D eigenvalue weighted by Gasteiger charge is 2.13. The van der Waals surface area contributed by atoms with Gasteiger partial charge in [-0.2, -0.15) is 20.2 Å². The zero-order valence-corrected chi connectivity index (χ0v) is 13.3. The van der Waals surface area contributed by atoms with Crippen molar-refractivity contribution in [1.82, 2.24) is 15.0 Å². The molecule has 0 aliphatic rings. The Hall–Kier alpha value is -2.10. The smallest absolute Gasteiger partial charge is 0.323 e. The van der Waals surface area contributed by atoms with E-state index in [-0.39, 0.29) is 6.10 Å². The van der Waals surface area contributed by atoms with Crippen molar-refractivity contribution in [3.05, 3.63) is 0 Å². The van der Waals surface area contributed by atoms with E-state index in [0.29, 0.717) is 30.9 Å². The molecule has 21 heavy (non-hydrogen) atoms. The fourth-order valence-electron chi connectivity index (χ4n) is 1.65. The number of hydrogen-bond acceptors (Lipinski definition) is 7. The van der Waals surface area contributed by atoms with Gasteiger partial charge >= 0.3 is 6.01 Å². The molecular formula is C14H24N6O. The van der Waals surface area contributed by atoms with Gasteiger partial charge < -0.3 is 15.0 Å². The summed E-state index contributed by atoms with van der Waals surface area (Å²) in [5.41, 5.74) is 0. The highest BCUT2D eigenvalue weighted by molar-refractivity contribution is 5.38. The Labute approximate surface area is 126 Å². The maximum Gasteiger partial charge on any atom is 0.323 e. The second-order valence-electron chi connectivity index (χ2n) is 4.82. The lowest BCUT2D eigenvalue weighted by atomic mass is 10.4. The largest absolute Gasteiger partial charge is 0.461 e. The van der Waals surface area contributed by atoms with Crippen molar-refractivity contribution < 1.29 is 4.74 Å². The number of anilines is 2. The maximum absolute atomic E-state index is 8.73. The minimum Gasteiger partial charge on any atom is -0.461 e. The maximum atomic E-state index is 8.73. The standard InChI is InChI=1S/C14H24N6O/c1-5-9-16-12-17-13(20(6-2)10-7-8-15)19-14(18-12)21-11(3)4/h11H,5-7,9-10H2,1-4H3,(H,16,17,18,19). The Morgan fingerprint density at radius 1 is 1.29 bits per heavy atom. The number of ether oxygens (including phenoxy) is 1. The van der Waals surface area contributed by atoms with Crippen LogP contribution in [0.5, 0.6) is 6.01 Å². The van der Waals surface area contributed by atoms with Crippen LogP contribution in [0.3, 0.4) is 0 Å². The summed E-state index contributed by atoms with van der Waals surface area (Å²) in [6.07, 6.45) is 1.40. The molecule has 0 radical (unpaired) electrons. The third-order valence-electron chi connectivity index (χ3n) is 2.64. The Balaban J connectivity index is 3.01. The van der Waals surface area contributed by atoms with Crippen molar-refractivity contribution >= 4 is 11.9 Å². The summed E-state index contributed by atoms with van der Waals surface area (Å²) in [5.74, 6) is 1.05. The van der Waals surface area contributed by atoms with Crippen LogP contribution in [0.2, 0.25) is 0 Å². The lowest BCUT2D eigenvalue weighted by molar-refractivity contribution is 0.222. The van der Waals surface area contributed by atoms with Crippen LogP contribution in [0.15, 0.2) is 0 Å². The summed E-state index contributed by atoms with van der Waals surface area (Å²) in [6, 6.07) is 2.45. The normalized spacial score (nSPS) is 10.3. The van der Waals surface area contributed by atoms with Gasteiger partial charge in [-0.05, 0) is 27.2 Å². The molecule has 0 unspecified atom stereocenters. The first-order valence-corrected chi connectivity index (χ1v) is 7.39. The molecule has 0 fully saturated rings. The Kier molecular flexibility index (Phi) is 7.23. The molecule has 0 spiro atoms. The molecule has 7 nitrogen and oxygen atoms in total. The summed E-state index contributed by atoms with van der Waals surface area (Å²) in [5, 5.41) is 11.9. The molecule has 0 bridgehead atoms. The van der Waals surface area contributed by atoms with Gasteiger partial charge in [0.2, 0.25) is 11.9 Å². The van der Waals surface area contributed by atoms with Crippen LogP contribution in [0, 0.1) is 11.3 Å². The van der Waals surface area contributed by atoms with Crippen LogP contribution in [0.4, 0.5) is 11.9 Å². The van der Waals surface area contributed by atoms with Crippen LogP contribution < -0.4 is 15.0 Å². The molecule has 116 valence electrons. The fraction of sp³-hybridized carbons (Fsp3) is 0.714. The molecule has 0 aliphatic heterocycles. The lowest BCUT2D eigenvalue weighted by Gasteiger charge is -2.20. The van der Waals surface area contributed by atoms with E-state index >= 15 is 0 Å². The fourth-order valence-corrected chi connectivity index (χ4v) is 1.65. The summed E-state index contributed by atoms with van der Waals surface area (Å²) in [7, 11) is 0. The zero-order chi connectivity index (χ0) is 15.7. The Morgan fingerprint density at radius 3 is 2.62 bits per heavy atom. The molecule has 1 N–H and O–H groups in total. The van der Waals surface area contributed by atoms with E-state index in [0.717, 1.165) is 19.5 Å². The zero-order valence-electron chi connectivity index (χ0n) is 13.3. The first-order chi connectivity index (χ1) is 10.1. The number of nitrogens with one attached hydrogen (secondary N) is 1. The number of nitrogens with zero attached hydrogens (tertiary/aromatic N) is 5. The quantitative estimate of drug-likeness (QED) is 0.746. The van der Waals surface area contributed by atoms with Crippen LogP contribution in [0.1, 0.15) is 40.5 Å². The average molecular weight is 292 g/mol. The number of nitriles is 1. The van der Waals surface area contributed by atoms with Gasteiger partial charge in [0.15, 0.2) is 0 Å². The van der Waals surface area contributed by atoms with Crippen molar-refractivity contribution in [1.29, 1.82) is 5.26 Å². The first-order valence-electron chi connectivity index (χ1n) is 7.39.